The van der Waals surface area contributed by atoms with Crippen molar-refractivity contribution in [3.63, 3.8) is 0 Å². The number of nitrogens with zero attached hydrogens (tertiary/aromatic N) is 2. The normalized spacial score (nSPS) is 15.2. The number of benzene rings is 1. The van der Waals surface area contributed by atoms with Crippen molar-refractivity contribution in [2.75, 3.05) is 18.8 Å². The molecule has 1 aliphatic rings. The zero-order chi connectivity index (χ0) is 16.8. The van der Waals surface area contributed by atoms with E-state index >= 15 is 0 Å². The minimum Gasteiger partial charge on any atom is -0.468 e. The molecule has 0 radical (unpaired) electrons. The number of carbonyl (C=O) groups excluding carboxylic acids is 1. The molecule has 5 heteroatoms. The van der Waals surface area contributed by atoms with E-state index in [2.05, 4.69) is 6.07 Å². The van der Waals surface area contributed by atoms with E-state index < -0.39 is 0 Å². The maximum Gasteiger partial charge on any atom is 0.253 e. The average Bonchev–Trinajstić information content (AvgIpc) is 3.15. The molecule has 1 saturated heterocycles. The second-order valence-corrected chi connectivity index (χ2v) is 7.05. The monoisotopic (exact) mass is 340 g/mol. The number of rotatable bonds is 5. The minimum absolute atomic E-state index is 0.0359. The molecule has 124 valence electrons. The maximum atomic E-state index is 12.5. The van der Waals surface area contributed by atoms with Gasteiger partial charge in [0.05, 0.1) is 23.6 Å². The van der Waals surface area contributed by atoms with Gasteiger partial charge in [-0.1, -0.05) is 6.07 Å². The summed E-state index contributed by atoms with van der Waals surface area (Å²) in [5, 5.41) is 8.96. The summed E-state index contributed by atoms with van der Waals surface area (Å²) in [6.07, 6.45) is 3.78. The van der Waals surface area contributed by atoms with Crippen LogP contribution in [0.25, 0.3) is 0 Å². The summed E-state index contributed by atoms with van der Waals surface area (Å²) in [7, 11) is 0. The van der Waals surface area contributed by atoms with Gasteiger partial charge < -0.3 is 9.32 Å². The van der Waals surface area contributed by atoms with Gasteiger partial charge in [0.25, 0.3) is 5.91 Å². The largest absolute Gasteiger partial charge is 0.468 e. The lowest BCUT2D eigenvalue weighted by Gasteiger charge is -2.32. The van der Waals surface area contributed by atoms with Crippen LogP contribution in [0.1, 0.15) is 34.5 Å². The number of amides is 1. The van der Waals surface area contributed by atoms with Crippen LogP contribution in [-0.2, 0) is 5.75 Å². The predicted molar refractivity (Wildman–Crippen MR) is 94.7 cm³/mol. The first kappa shape index (κ1) is 16.7. The summed E-state index contributed by atoms with van der Waals surface area (Å²) in [5.41, 5.74) is 1.14. The molecule has 0 atom stereocenters. The summed E-state index contributed by atoms with van der Waals surface area (Å²) < 4.78 is 5.34. The van der Waals surface area contributed by atoms with Gasteiger partial charge in [-0.15, -0.1) is 0 Å². The molecular formula is C19H20N2O2S. The van der Waals surface area contributed by atoms with E-state index in [4.69, 9.17) is 9.68 Å². The fraction of sp³-hybridized carbons (Fsp3) is 0.368. The van der Waals surface area contributed by atoms with Gasteiger partial charge in [-0.25, -0.2) is 0 Å². The highest BCUT2D eigenvalue weighted by atomic mass is 32.2. The molecule has 0 bridgehead atoms. The summed E-state index contributed by atoms with van der Waals surface area (Å²) in [6.45, 7) is 1.59. The van der Waals surface area contributed by atoms with E-state index in [9.17, 15) is 4.79 Å². The standard InChI is InChI=1S/C19H20N2O2S/c20-12-16-3-1-4-17(11-16)19(22)21-8-6-15(7-9-21)13-24-14-18-5-2-10-23-18/h1-5,10-11,15H,6-9,13-14H2. The van der Waals surface area contributed by atoms with Gasteiger partial charge in [0.15, 0.2) is 0 Å². The summed E-state index contributed by atoms with van der Waals surface area (Å²) in [4.78, 5) is 14.4. The minimum atomic E-state index is 0.0359. The molecule has 2 heterocycles. The Morgan fingerprint density at radius 3 is 2.83 bits per heavy atom. The second-order valence-electron chi connectivity index (χ2n) is 6.02. The number of nitriles is 1. The molecule has 24 heavy (non-hydrogen) atoms. The van der Waals surface area contributed by atoms with Gasteiger partial charge in [-0.2, -0.15) is 17.0 Å². The molecule has 0 saturated carbocycles. The smallest absolute Gasteiger partial charge is 0.253 e. The van der Waals surface area contributed by atoms with Crippen LogP contribution in [0.2, 0.25) is 0 Å². The van der Waals surface area contributed by atoms with Crippen molar-refractivity contribution in [1.82, 2.24) is 4.90 Å². The Morgan fingerprint density at radius 2 is 2.12 bits per heavy atom. The van der Waals surface area contributed by atoms with Crippen LogP contribution in [-0.4, -0.2) is 29.6 Å². The molecule has 1 fully saturated rings. The third-order valence-electron chi connectivity index (χ3n) is 4.32. The second kappa shape index (κ2) is 8.07. The maximum absolute atomic E-state index is 12.5. The Balaban J connectivity index is 1.46. The molecule has 1 aromatic carbocycles. The Morgan fingerprint density at radius 1 is 1.29 bits per heavy atom. The van der Waals surface area contributed by atoms with Crippen molar-refractivity contribution in [2.24, 2.45) is 5.92 Å². The van der Waals surface area contributed by atoms with Crippen LogP contribution >= 0.6 is 11.8 Å². The zero-order valence-electron chi connectivity index (χ0n) is 13.5. The van der Waals surface area contributed by atoms with Crippen molar-refractivity contribution >= 4 is 17.7 Å². The Bertz CT molecular complexity index is 713. The van der Waals surface area contributed by atoms with Gasteiger partial charge in [0.1, 0.15) is 5.76 Å². The summed E-state index contributed by atoms with van der Waals surface area (Å²) in [6, 6.07) is 13.0. The predicted octanol–water partition coefficient (Wildman–Crippen LogP) is 3.94. The Labute approximate surface area is 146 Å². The Kier molecular flexibility index (Phi) is 5.60. The molecule has 0 unspecified atom stereocenters. The van der Waals surface area contributed by atoms with Crippen LogP contribution in [0.3, 0.4) is 0 Å². The average molecular weight is 340 g/mol. The molecule has 1 amide bonds. The molecule has 0 N–H and O–H groups in total. The number of hydrogen-bond donors (Lipinski definition) is 0. The van der Waals surface area contributed by atoms with Crippen LogP contribution in [0.5, 0.6) is 0 Å². The van der Waals surface area contributed by atoms with Crippen molar-refractivity contribution in [1.29, 1.82) is 5.26 Å². The first-order valence-electron chi connectivity index (χ1n) is 8.16. The van der Waals surface area contributed by atoms with Crippen molar-refractivity contribution in [2.45, 2.75) is 18.6 Å². The zero-order valence-corrected chi connectivity index (χ0v) is 14.3. The van der Waals surface area contributed by atoms with Gasteiger partial charge in [0, 0.05) is 18.7 Å². The third kappa shape index (κ3) is 4.21. The fourth-order valence-corrected chi connectivity index (χ4v) is 4.08. The number of thioether (sulfide) groups is 1. The number of furan rings is 1. The van der Waals surface area contributed by atoms with Gasteiger partial charge >= 0.3 is 0 Å². The number of likely N-dealkylation sites (tertiary alicyclic amines) is 1. The summed E-state index contributed by atoms with van der Waals surface area (Å²) in [5.74, 6) is 3.72. The van der Waals surface area contributed by atoms with Gasteiger partial charge in [-0.05, 0) is 54.8 Å². The van der Waals surface area contributed by atoms with Crippen LogP contribution in [0.15, 0.2) is 47.1 Å². The number of carbonyl (C=O) groups is 1. The Hall–Kier alpha value is -2.19. The highest BCUT2D eigenvalue weighted by Gasteiger charge is 2.23. The number of piperidine rings is 1. The van der Waals surface area contributed by atoms with E-state index in [1.54, 1.807) is 30.5 Å². The van der Waals surface area contributed by atoms with Crippen LogP contribution < -0.4 is 0 Å². The van der Waals surface area contributed by atoms with Crippen molar-refractivity contribution in [3.05, 3.63) is 59.5 Å². The lowest BCUT2D eigenvalue weighted by atomic mass is 9.98. The van der Waals surface area contributed by atoms with E-state index in [0.29, 0.717) is 17.0 Å². The molecule has 1 aliphatic heterocycles. The first-order chi connectivity index (χ1) is 11.8. The van der Waals surface area contributed by atoms with Crippen molar-refractivity contribution < 1.29 is 9.21 Å². The SMILES string of the molecule is N#Cc1cccc(C(=O)N2CCC(CSCc3ccco3)CC2)c1. The highest BCUT2D eigenvalue weighted by molar-refractivity contribution is 7.98. The quantitative estimate of drug-likeness (QED) is 0.827. The van der Waals surface area contributed by atoms with Gasteiger partial charge in [0.2, 0.25) is 0 Å². The van der Waals surface area contributed by atoms with Gasteiger partial charge in [-0.3, -0.25) is 4.79 Å². The molecule has 0 aliphatic carbocycles. The van der Waals surface area contributed by atoms with Crippen LogP contribution in [0.4, 0.5) is 0 Å². The summed E-state index contributed by atoms with van der Waals surface area (Å²) >= 11 is 1.90. The molecular weight excluding hydrogens is 320 g/mol. The molecule has 3 rings (SSSR count). The molecule has 1 aromatic heterocycles. The first-order valence-corrected chi connectivity index (χ1v) is 9.31. The highest BCUT2D eigenvalue weighted by Crippen LogP contribution is 2.24. The molecule has 4 nitrogen and oxygen atoms in total. The van der Waals surface area contributed by atoms with E-state index in [1.165, 1.54) is 0 Å². The lowest BCUT2D eigenvalue weighted by Crippen LogP contribution is -2.39. The van der Waals surface area contributed by atoms with E-state index in [1.807, 2.05) is 28.8 Å². The number of hydrogen-bond acceptors (Lipinski definition) is 4. The van der Waals surface area contributed by atoms with Crippen LogP contribution in [0, 0.1) is 17.2 Å². The molecule has 0 spiro atoms. The lowest BCUT2D eigenvalue weighted by molar-refractivity contribution is 0.0698. The van der Waals surface area contributed by atoms with Crippen molar-refractivity contribution in [3.8, 4) is 6.07 Å². The van der Waals surface area contributed by atoms with E-state index in [0.717, 1.165) is 43.2 Å². The topological polar surface area (TPSA) is 57.2 Å². The third-order valence-corrected chi connectivity index (χ3v) is 5.51. The fourth-order valence-electron chi connectivity index (χ4n) is 2.93. The molecule has 2 aromatic rings. The van der Waals surface area contributed by atoms with E-state index in [-0.39, 0.29) is 5.91 Å².